The minimum atomic E-state index is -0.446. The fraction of sp³-hybridized carbons (Fsp3) is 0. The molecule has 3 aromatic carbocycles. The van der Waals surface area contributed by atoms with Gasteiger partial charge >= 0.3 is 0 Å². The van der Waals surface area contributed by atoms with Crippen LogP contribution in [-0.4, -0.2) is 13.6 Å². The predicted octanol–water partition coefficient (Wildman–Crippen LogP) is 3.07. The summed E-state index contributed by atoms with van der Waals surface area (Å²) in [5, 5.41) is 4.19. The third-order valence-corrected chi connectivity index (χ3v) is 5.49. The summed E-state index contributed by atoms with van der Waals surface area (Å²) in [5.41, 5.74) is 0. The van der Waals surface area contributed by atoms with Crippen LogP contribution in [0.3, 0.4) is 0 Å². The second-order valence-corrected chi connectivity index (χ2v) is 6.56. The first kappa shape index (κ1) is 21.9. The summed E-state index contributed by atoms with van der Waals surface area (Å²) in [6.07, 6.45) is 0. The number of carbonyl (C=O) groups is 2. The average molecular weight is 378 g/mol. The van der Waals surface area contributed by atoms with E-state index in [0.717, 1.165) is 0 Å². The van der Waals surface area contributed by atoms with Crippen molar-refractivity contribution in [2.45, 2.75) is 0 Å². The molecule has 24 heavy (non-hydrogen) atoms. The Hall–Kier alpha value is -2.05. The van der Waals surface area contributed by atoms with Crippen LogP contribution < -0.4 is 15.9 Å². The van der Waals surface area contributed by atoms with E-state index in [0.29, 0.717) is 0 Å². The van der Waals surface area contributed by atoms with E-state index >= 15 is 0 Å². The second kappa shape index (κ2) is 13.4. The standard InChI is InChI=1S/C18H15P.2CH2O.Fe/c1-4-10-16(11-5-1)19(17-12-6-2-7-13-17)18-14-8-3-9-15-18;2*1-2;/h1-15H;2*1H2;. The van der Waals surface area contributed by atoms with E-state index in [-0.39, 0.29) is 17.1 Å². The van der Waals surface area contributed by atoms with Crippen molar-refractivity contribution in [3.05, 3.63) is 91.0 Å². The molecule has 0 atom stereocenters. The first-order valence-corrected chi connectivity index (χ1v) is 8.32. The van der Waals surface area contributed by atoms with E-state index in [1.807, 2.05) is 13.6 Å². The zero-order valence-corrected chi connectivity index (χ0v) is 15.2. The van der Waals surface area contributed by atoms with Crippen LogP contribution in [0.15, 0.2) is 91.0 Å². The predicted molar refractivity (Wildman–Crippen MR) is 99.4 cm³/mol. The molecule has 0 aliphatic rings. The molecule has 0 aliphatic heterocycles. The molecule has 0 amide bonds. The van der Waals surface area contributed by atoms with Crippen molar-refractivity contribution in [1.29, 1.82) is 0 Å². The fourth-order valence-electron chi connectivity index (χ4n) is 2.18. The summed E-state index contributed by atoms with van der Waals surface area (Å²) in [4.78, 5) is 16.0. The van der Waals surface area contributed by atoms with Gasteiger partial charge in [-0.25, -0.2) is 0 Å². The zero-order valence-electron chi connectivity index (χ0n) is 13.2. The van der Waals surface area contributed by atoms with Gasteiger partial charge in [0.05, 0.1) is 0 Å². The molecule has 0 bridgehead atoms. The Kier molecular flexibility index (Phi) is 12.2. The first-order valence-electron chi connectivity index (χ1n) is 6.98. The van der Waals surface area contributed by atoms with Crippen LogP contribution in [0.25, 0.3) is 0 Å². The molecule has 0 fully saturated rings. The Bertz CT molecular complexity index is 567. The van der Waals surface area contributed by atoms with Gasteiger partial charge in [-0.15, -0.1) is 0 Å². The van der Waals surface area contributed by atoms with Gasteiger partial charge in [0.2, 0.25) is 0 Å². The largest absolute Gasteiger partial charge is 0.307 e. The van der Waals surface area contributed by atoms with Gasteiger partial charge in [-0.05, 0) is 23.8 Å². The van der Waals surface area contributed by atoms with Crippen molar-refractivity contribution in [1.82, 2.24) is 0 Å². The number of hydrogen-bond acceptors (Lipinski definition) is 2. The summed E-state index contributed by atoms with van der Waals surface area (Å²) < 4.78 is 0. The molecule has 0 N–H and O–H groups in total. The smallest absolute Gasteiger partial charge is 0.106 e. The molecule has 0 aromatic heterocycles. The third-order valence-electron chi connectivity index (χ3n) is 3.04. The van der Waals surface area contributed by atoms with E-state index in [2.05, 4.69) is 91.0 Å². The number of hydrogen-bond donors (Lipinski definition) is 0. The summed E-state index contributed by atoms with van der Waals surface area (Å²) in [6, 6.07) is 32.3. The molecule has 0 aliphatic carbocycles. The maximum atomic E-state index is 8.00. The molecule has 2 nitrogen and oxygen atoms in total. The summed E-state index contributed by atoms with van der Waals surface area (Å²) in [5.74, 6) is 0. The van der Waals surface area contributed by atoms with Gasteiger partial charge < -0.3 is 9.59 Å². The van der Waals surface area contributed by atoms with E-state index in [1.165, 1.54) is 15.9 Å². The Morgan fingerprint density at radius 3 is 0.875 bits per heavy atom. The van der Waals surface area contributed by atoms with Crippen molar-refractivity contribution >= 4 is 37.4 Å². The molecule has 0 saturated heterocycles. The van der Waals surface area contributed by atoms with Crippen molar-refractivity contribution in [3.63, 3.8) is 0 Å². The Balaban J connectivity index is 0.000000987. The van der Waals surface area contributed by atoms with Gasteiger partial charge in [0.25, 0.3) is 0 Å². The summed E-state index contributed by atoms with van der Waals surface area (Å²) in [6.45, 7) is 4.00. The van der Waals surface area contributed by atoms with Crippen LogP contribution in [0.2, 0.25) is 0 Å². The fourth-order valence-corrected chi connectivity index (χ4v) is 4.48. The molecule has 0 saturated carbocycles. The van der Waals surface area contributed by atoms with Gasteiger partial charge in [-0.3, -0.25) is 0 Å². The molecule has 0 radical (unpaired) electrons. The molecule has 0 unspecified atom stereocenters. The van der Waals surface area contributed by atoms with Gasteiger partial charge in [0.1, 0.15) is 13.6 Å². The number of benzene rings is 3. The molecule has 124 valence electrons. The van der Waals surface area contributed by atoms with E-state index < -0.39 is 7.92 Å². The van der Waals surface area contributed by atoms with Crippen molar-refractivity contribution < 1.29 is 26.7 Å². The Labute approximate surface area is 155 Å². The van der Waals surface area contributed by atoms with Gasteiger partial charge in [0, 0.05) is 17.1 Å². The summed E-state index contributed by atoms with van der Waals surface area (Å²) in [7, 11) is -0.446. The zero-order chi connectivity index (χ0) is 16.9. The minimum absolute atomic E-state index is 0. The summed E-state index contributed by atoms with van der Waals surface area (Å²) >= 11 is 0. The van der Waals surface area contributed by atoms with Crippen LogP contribution in [0.1, 0.15) is 0 Å². The number of carbonyl (C=O) groups excluding carboxylic acids is 2. The second-order valence-electron chi connectivity index (χ2n) is 4.34. The molecule has 4 heteroatoms. The van der Waals surface area contributed by atoms with Crippen molar-refractivity contribution in [3.8, 4) is 0 Å². The van der Waals surface area contributed by atoms with Crippen LogP contribution in [0, 0.1) is 0 Å². The third kappa shape index (κ3) is 6.22. The van der Waals surface area contributed by atoms with Gasteiger partial charge in [0.15, 0.2) is 0 Å². The van der Waals surface area contributed by atoms with Crippen LogP contribution in [0.5, 0.6) is 0 Å². The number of rotatable bonds is 3. The Morgan fingerprint density at radius 1 is 0.458 bits per heavy atom. The van der Waals surface area contributed by atoms with Gasteiger partial charge in [-0.2, -0.15) is 0 Å². The van der Waals surface area contributed by atoms with Crippen molar-refractivity contribution in [2.75, 3.05) is 0 Å². The Morgan fingerprint density at radius 2 is 0.667 bits per heavy atom. The van der Waals surface area contributed by atoms with E-state index in [1.54, 1.807) is 0 Å². The molecule has 3 aromatic rings. The quantitative estimate of drug-likeness (QED) is 0.519. The van der Waals surface area contributed by atoms with E-state index in [4.69, 9.17) is 9.59 Å². The molecule has 0 spiro atoms. The molecular formula is C20H19FeO2P. The normalized spacial score (nSPS) is 8.71. The topological polar surface area (TPSA) is 34.1 Å². The van der Waals surface area contributed by atoms with Gasteiger partial charge in [-0.1, -0.05) is 91.0 Å². The molecule has 3 rings (SSSR count). The molecule has 0 heterocycles. The van der Waals surface area contributed by atoms with Crippen LogP contribution in [0.4, 0.5) is 0 Å². The molecular weight excluding hydrogens is 359 g/mol. The van der Waals surface area contributed by atoms with E-state index in [9.17, 15) is 0 Å². The average Bonchev–Trinajstić information content (AvgIpc) is 2.68. The maximum Gasteiger partial charge on any atom is 0.106 e. The first-order chi connectivity index (χ1) is 11.4. The SMILES string of the molecule is C=O.C=O.[Fe].c1ccc(P(c2ccccc2)c2ccccc2)cc1. The van der Waals surface area contributed by atoms with Crippen LogP contribution in [-0.2, 0) is 26.7 Å². The minimum Gasteiger partial charge on any atom is -0.307 e. The maximum absolute atomic E-state index is 8.00. The monoisotopic (exact) mass is 378 g/mol. The van der Waals surface area contributed by atoms with Crippen molar-refractivity contribution in [2.24, 2.45) is 0 Å². The van der Waals surface area contributed by atoms with Crippen LogP contribution >= 0.6 is 7.92 Å².